The Morgan fingerprint density at radius 1 is 0.509 bits per heavy atom. The van der Waals surface area contributed by atoms with Crippen molar-refractivity contribution in [3.05, 3.63) is 36.0 Å². The Labute approximate surface area is 343 Å². The van der Waals surface area contributed by atoms with Crippen molar-refractivity contribution >= 4 is 11.9 Å². The molecule has 0 aromatic carbocycles. The van der Waals surface area contributed by atoms with Gasteiger partial charge in [0.2, 0.25) is 0 Å². The summed E-state index contributed by atoms with van der Waals surface area (Å²) >= 11 is 0. The van der Waals surface area contributed by atoms with Crippen molar-refractivity contribution in [2.75, 3.05) is 27.2 Å². The molecular formula is C50H93NO4. The number of unbranched alkanes of at least 4 members (excludes halogenated alkanes) is 22. The van der Waals surface area contributed by atoms with Crippen molar-refractivity contribution in [1.82, 2.24) is 4.90 Å². The molecule has 0 aliphatic heterocycles. The van der Waals surface area contributed by atoms with Gasteiger partial charge in [-0.2, -0.15) is 0 Å². The zero-order valence-corrected chi connectivity index (χ0v) is 37.5. The first-order chi connectivity index (χ1) is 26.9. The fraction of sp³-hybridized carbons (Fsp3) is 0.840. The Kier molecular flexibility index (Phi) is 41.8. The molecule has 1 atom stereocenters. The fourth-order valence-electron chi connectivity index (χ4n) is 7.15. The summed E-state index contributed by atoms with van der Waals surface area (Å²) in [5, 5.41) is 0. The largest absolute Gasteiger partial charge is 0.463 e. The lowest BCUT2D eigenvalue weighted by Gasteiger charge is -2.18. The van der Waals surface area contributed by atoms with Crippen LogP contribution in [0.1, 0.15) is 239 Å². The van der Waals surface area contributed by atoms with Crippen molar-refractivity contribution in [3.63, 3.8) is 0 Å². The molecule has 322 valence electrons. The quantitative estimate of drug-likeness (QED) is 0.0268. The number of hydrogen-bond donors (Lipinski definition) is 0. The third-order valence-corrected chi connectivity index (χ3v) is 10.7. The number of carbonyl (C=O) groups is 2. The predicted octanol–water partition coefficient (Wildman–Crippen LogP) is 15.4. The Morgan fingerprint density at radius 2 is 0.964 bits per heavy atom. The van der Waals surface area contributed by atoms with E-state index in [4.69, 9.17) is 9.47 Å². The lowest BCUT2D eigenvalue weighted by Crippen LogP contribution is -2.20. The minimum Gasteiger partial charge on any atom is -0.463 e. The van der Waals surface area contributed by atoms with Gasteiger partial charge in [0.15, 0.2) is 0 Å². The first kappa shape index (κ1) is 53.1. The van der Waals surface area contributed by atoms with E-state index in [2.05, 4.69) is 50.0 Å². The molecule has 0 N–H and O–H groups in total. The van der Waals surface area contributed by atoms with E-state index >= 15 is 0 Å². The molecule has 0 spiro atoms. The van der Waals surface area contributed by atoms with Crippen LogP contribution in [0.25, 0.3) is 0 Å². The molecule has 0 saturated carbocycles. The second-order valence-corrected chi connectivity index (χ2v) is 16.6. The SMILES string of the molecule is CCCCC/C=C\C/C=C\CCCCCCCCC(CCCCCCCOC(=O)/C=C(\CCCCCCC)CCCCCCCC)OC(=O)CCCN(C)C. The van der Waals surface area contributed by atoms with Crippen LogP contribution >= 0.6 is 0 Å². The van der Waals surface area contributed by atoms with E-state index in [1.54, 1.807) is 0 Å². The molecule has 5 heteroatoms. The summed E-state index contributed by atoms with van der Waals surface area (Å²) in [4.78, 5) is 27.4. The summed E-state index contributed by atoms with van der Waals surface area (Å²) in [7, 11) is 4.09. The molecule has 0 bridgehead atoms. The number of carbonyl (C=O) groups excluding carboxylic acids is 2. The van der Waals surface area contributed by atoms with Gasteiger partial charge in [0.05, 0.1) is 6.61 Å². The predicted molar refractivity (Wildman–Crippen MR) is 240 cm³/mol. The minimum atomic E-state index is -0.145. The van der Waals surface area contributed by atoms with Crippen LogP contribution in [0.15, 0.2) is 36.0 Å². The van der Waals surface area contributed by atoms with Gasteiger partial charge in [-0.3, -0.25) is 4.79 Å². The van der Waals surface area contributed by atoms with Gasteiger partial charge in [-0.15, -0.1) is 0 Å². The molecule has 5 nitrogen and oxygen atoms in total. The highest BCUT2D eigenvalue weighted by Crippen LogP contribution is 2.20. The second kappa shape index (κ2) is 43.2. The van der Waals surface area contributed by atoms with Gasteiger partial charge in [-0.1, -0.05) is 166 Å². The number of ether oxygens (including phenoxy) is 2. The Bertz CT molecular complexity index is 923. The zero-order valence-electron chi connectivity index (χ0n) is 37.5. The molecule has 55 heavy (non-hydrogen) atoms. The van der Waals surface area contributed by atoms with E-state index < -0.39 is 0 Å². The molecule has 1 unspecified atom stereocenters. The third kappa shape index (κ3) is 41.6. The smallest absolute Gasteiger partial charge is 0.330 e. The molecule has 0 aliphatic carbocycles. The van der Waals surface area contributed by atoms with E-state index in [1.807, 2.05) is 20.2 Å². The summed E-state index contributed by atoms with van der Waals surface area (Å²) in [6.45, 7) is 8.20. The number of nitrogens with zero attached hydrogens (tertiary/aromatic N) is 1. The maximum atomic E-state index is 12.7. The number of rotatable bonds is 42. The van der Waals surface area contributed by atoms with Crippen molar-refractivity contribution in [3.8, 4) is 0 Å². The maximum Gasteiger partial charge on any atom is 0.330 e. The summed E-state index contributed by atoms with van der Waals surface area (Å²) in [6, 6.07) is 0. The molecule has 0 rings (SSSR count). The maximum absolute atomic E-state index is 12.7. The van der Waals surface area contributed by atoms with Crippen molar-refractivity contribution < 1.29 is 19.1 Å². The molecule has 0 saturated heterocycles. The highest BCUT2D eigenvalue weighted by Gasteiger charge is 2.14. The van der Waals surface area contributed by atoms with Gasteiger partial charge in [0, 0.05) is 12.5 Å². The minimum absolute atomic E-state index is 0.0330. The highest BCUT2D eigenvalue weighted by molar-refractivity contribution is 5.82. The Balaban J connectivity index is 4.38. The van der Waals surface area contributed by atoms with E-state index in [1.165, 1.54) is 140 Å². The van der Waals surface area contributed by atoms with Crippen LogP contribution in [0.2, 0.25) is 0 Å². The van der Waals surface area contributed by atoms with Gasteiger partial charge >= 0.3 is 11.9 Å². The van der Waals surface area contributed by atoms with Crippen LogP contribution in [-0.4, -0.2) is 50.2 Å². The molecule has 0 radical (unpaired) electrons. The number of hydrogen-bond acceptors (Lipinski definition) is 5. The Morgan fingerprint density at radius 3 is 1.51 bits per heavy atom. The molecule has 0 heterocycles. The van der Waals surface area contributed by atoms with Gasteiger partial charge < -0.3 is 14.4 Å². The topological polar surface area (TPSA) is 55.8 Å². The summed E-state index contributed by atoms with van der Waals surface area (Å²) in [6.07, 6.45) is 50.8. The lowest BCUT2D eigenvalue weighted by molar-refractivity contribution is -0.150. The van der Waals surface area contributed by atoms with E-state index in [0.29, 0.717) is 13.0 Å². The summed E-state index contributed by atoms with van der Waals surface area (Å²) < 4.78 is 11.7. The van der Waals surface area contributed by atoms with E-state index in [9.17, 15) is 9.59 Å². The monoisotopic (exact) mass is 772 g/mol. The van der Waals surface area contributed by atoms with Crippen LogP contribution in [0.5, 0.6) is 0 Å². The number of allylic oxidation sites excluding steroid dienone is 5. The average Bonchev–Trinajstić information content (AvgIpc) is 3.16. The second-order valence-electron chi connectivity index (χ2n) is 16.6. The average molecular weight is 772 g/mol. The summed E-state index contributed by atoms with van der Waals surface area (Å²) in [5.74, 6) is -0.178. The molecule has 0 aromatic rings. The molecule has 0 aliphatic rings. The van der Waals surface area contributed by atoms with Crippen LogP contribution in [0.4, 0.5) is 0 Å². The highest BCUT2D eigenvalue weighted by atomic mass is 16.5. The number of esters is 2. The molecule has 0 amide bonds. The van der Waals surface area contributed by atoms with Gasteiger partial charge in [-0.25, -0.2) is 4.79 Å². The Hall–Kier alpha value is -1.88. The van der Waals surface area contributed by atoms with Crippen molar-refractivity contribution in [1.29, 1.82) is 0 Å². The molecular weight excluding hydrogens is 679 g/mol. The molecule has 0 aromatic heterocycles. The fourth-order valence-corrected chi connectivity index (χ4v) is 7.15. The van der Waals surface area contributed by atoms with Gasteiger partial charge in [0.25, 0.3) is 0 Å². The first-order valence-electron chi connectivity index (χ1n) is 23.9. The van der Waals surface area contributed by atoms with Crippen LogP contribution in [0, 0.1) is 0 Å². The van der Waals surface area contributed by atoms with E-state index in [-0.39, 0.29) is 18.0 Å². The zero-order chi connectivity index (χ0) is 40.3. The standard InChI is InChI=1S/C50H93NO4/c1-6-9-12-15-17-18-19-20-21-22-23-24-25-26-30-35-41-48(55-49(52)43-38-44-51(4)5)42-36-31-27-32-37-45-54-50(53)46-47(39-33-28-14-11-8-3)40-34-29-16-13-10-7-2/h17-18,20-21,46,48H,6-16,19,22-45H2,1-5H3/b18-17-,21-20-,47-46+. The van der Waals surface area contributed by atoms with Crippen LogP contribution < -0.4 is 0 Å². The normalized spacial score (nSPS) is 12.7. The van der Waals surface area contributed by atoms with Crippen molar-refractivity contribution in [2.24, 2.45) is 0 Å². The summed E-state index contributed by atoms with van der Waals surface area (Å²) in [5.41, 5.74) is 1.29. The third-order valence-electron chi connectivity index (χ3n) is 10.7. The lowest BCUT2D eigenvalue weighted by atomic mass is 9.99. The van der Waals surface area contributed by atoms with Crippen LogP contribution in [-0.2, 0) is 19.1 Å². The van der Waals surface area contributed by atoms with E-state index in [0.717, 1.165) is 83.6 Å². The molecule has 0 fully saturated rings. The van der Waals surface area contributed by atoms with Crippen LogP contribution in [0.3, 0.4) is 0 Å². The first-order valence-corrected chi connectivity index (χ1v) is 23.9. The van der Waals surface area contributed by atoms with Gasteiger partial charge in [0.1, 0.15) is 6.10 Å². The van der Waals surface area contributed by atoms with Gasteiger partial charge in [-0.05, 0) is 117 Å². The van der Waals surface area contributed by atoms with Crippen molar-refractivity contribution in [2.45, 2.75) is 245 Å².